The van der Waals surface area contributed by atoms with Crippen LogP contribution in [0.25, 0.3) is 0 Å². The lowest BCUT2D eigenvalue weighted by molar-refractivity contribution is -0.0124. The van der Waals surface area contributed by atoms with Crippen molar-refractivity contribution in [2.75, 3.05) is 26.8 Å². The average Bonchev–Trinajstić information content (AvgIpc) is 3.71. The van der Waals surface area contributed by atoms with Crippen LogP contribution < -0.4 is 14.8 Å². The maximum atomic E-state index is 13.0. The maximum Gasteiger partial charge on any atom is 0.269 e. The van der Waals surface area contributed by atoms with E-state index in [1.54, 1.807) is 18.8 Å². The zero-order valence-electron chi connectivity index (χ0n) is 22.1. The van der Waals surface area contributed by atoms with Crippen molar-refractivity contribution in [2.45, 2.75) is 44.9 Å². The first-order valence-electron chi connectivity index (χ1n) is 13.0. The molecule has 1 saturated heterocycles. The number of benzene rings is 2. The molecule has 9 heteroatoms. The minimum Gasteiger partial charge on any atom is -0.493 e. The van der Waals surface area contributed by atoms with Gasteiger partial charge < -0.3 is 24.4 Å². The van der Waals surface area contributed by atoms with Crippen molar-refractivity contribution in [1.29, 1.82) is 0 Å². The number of carbonyl (C=O) groups excluding carboxylic acids is 2. The summed E-state index contributed by atoms with van der Waals surface area (Å²) < 4.78 is 18.9. The normalized spacial score (nSPS) is 17.2. The average molecular weight is 519 g/mol. The van der Waals surface area contributed by atoms with Crippen LogP contribution in [0.4, 0.5) is 0 Å². The molecule has 1 aromatic heterocycles. The van der Waals surface area contributed by atoms with Gasteiger partial charge in [-0.05, 0) is 49.6 Å². The molecule has 2 heterocycles. The summed E-state index contributed by atoms with van der Waals surface area (Å²) >= 11 is 0. The van der Waals surface area contributed by atoms with Crippen molar-refractivity contribution in [3.8, 4) is 11.5 Å². The van der Waals surface area contributed by atoms with Gasteiger partial charge in [0.25, 0.3) is 11.8 Å². The number of amides is 2. The van der Waals surface area contributed by atoms with Gasteiger partial charge in [-0.15, -0.1) is 0 Å². The van der Waals surface area contributed by atoms with Crippen LogP contribution in [0.3, 0.4) is 0 Å². The molecule has 38 heavy (non-hydrogen) atoms. The van der Waals surface area contributed by atoms with E-state index in [1.165, 1.54) is 0 Å². The van der Waals surface area contributed by atoms with E-state index in [9.17, 15) is 9.59 Å². The lowest BCUT2D eigenvalue weighted by atomic mass is 10.1. The van der Waals surface area contributed by atoms with Gasteiger partial charge in [0.2, 0.25) is 0 Å². The monoisotopic (exact) mass is 518 g/mol. The Balaban J connectivity index is 1.23. The number of aromatic nitrogens is 2. The SMILES string of the molecule is COc1c(CNC(=O)c2cc(C3CC3)nn2C)cccc1OCc1cccc(C(=O)N2CCOC(C)C2)c1. The van der Waals surface area contributed by atoms with E-state index in [0.29, 0.717) is 48.4 Å². The van der Waals surface area contributed by atoms with Crippen LogP contribution in [-0.4, -0.2) is 59.4 Å². The standard InChI is InChI=1S/C29H34N4O5/c1-19-17-33(12-13-37-19)29(35)22-7-4-6-20(14-22)18-38-26-9-5-8-23(27(26)36-3)16-30-28(34)25-15-24(21-10-11-21)31-32(25)2/h4-9,14-15,19,21H,10-13,16-18H2,1-3H3,(H,30,34). The Morgan fingerprint density at radius 1 is 1.16 bits per heavy atom. The molecule has 2 aromatic carbocycles. The van der Waals surface area contributed by atoms with E-state index in [-0.39, 0.29) is 31.1 Å². The lowest BCUT2D eigenvalue weighted by Crippen LogP contribution is -2.44. The van der Waals surface area contributed by atoms with Crippen LogP contribution >= 0.6 is 0 Å². The third-order valence-corrected chi connectivity index (χ3v) is 6.93. The maximum absolute atomic E-state index is 13.0. The largest absolute Gasteiger partial charge is 0.493 e. The predicted molar refractivity (Wildman–Crippen MR) is 141 cm³/mol. The summed E-state index contributed by atoms with van der Waals surface area (Å²) in [5, 5.41) is 7.45. The third-order valence-electron chi connectivity index (χ3n) is 6.93. The van der Waals surface area contributed by atoms with Gasteiger partial charge in [-0.2, -0.15) is 5.10 Å². The number of carbonyl (C=O) groups is 2. The van der Waals surface area contributed by atoms with Crippen LogP contribution in [0.5, 0.6) is 11.5 Å². The third kappa shape index (κ3) is 5.83. The first-order chi connectivity index (χ1) is 18.4. The summed E-state index contributed by atoms with van der Waals surface area (Å²) in [6.45, 7) is 4.25. The Labute approximate surface area is 222 Å². The van der Waals surface area contributed by atoms with Gasteiger partial charge in [0.15, 0.2) is 11.5 Å². The molecule has 0 spiro atoms. The number of nitrogens with zero attached hydrogens (tertiary/aromatic N) is 3. The number of morpholine rings is 1. The number of aryl methyl sites for hydroxylation is 1. The van der Waals surface area contributed by atoms with Crippen LogP contribution in [0.1, 0.15) is 63.4 Å². The van der Waals surface area contributed by atoms with Crippen molar-refractivity contribution in [2.24, 2.45) is 7.05 Å². The molecular formula is C29H34N4O5. The number of para-hydroxylation sites is 1. The van der Waals surface area contributed by atoms with E-state index >= 15 is 0 Å². The fraction of sp³-hybridized carbons (Fsp3) is 0.414. The van der Waals surface area contributed by atoms with E-state index in [0.717, 1.165) is 29.7 Å². The molecule has 2 amide bonds. The molecule has 5 rings (SSSR count). The molecule has 200 valence electrons. The summed E-state index contributed by atoms with van der Waals surface area (Å²) in [5.41, 5.74) is 3.83. The molecule has 0 radical (unpaired) electrons. The number of hydrogen-bond donors (Lipinski definition) is 1. The van der Waals surface area contributed by atoms with Crippen molar-refractivity contribution in [3.05, 3.63) is 76.6 Å². The molecule has 1 saturated carbocycles. The highest BCUT2D eigenvalue weighted by Crippen LogP contribution is 2.39. The zero-order chi connectivity index (χ0) is 26.6. The zero-order valence-corrected chi connectivity index (χ0v) is 22.1. The number of nitrogens with one attached hydrogen (secondary N) is 1. The highest BCUT2D eigenvalue weighted by Gasteiger charge is 2.28. The molecule has 0 bridgehead atoms. The van der Waals surface area contributed by atoms with Crippen LogP contribution in [0.15, 0.2) is 48.5 Å². The molecule has 1 aliphatic carbocycles. The van der Waals surface area contributed by atoms with Gasteiger partial charge in [0, 0.05) is 43.7 Å². The summed E-state index contributed by atoms with van der Waals surface area (Å²) in [5.74, 6) is 1.42. The Morgan fingerprint density at radius 3 is 2.74 bits per heavy atom. The molecule has 2 aliphatic rings. The molecule has 2 fully saturated rings. The minimum atomic E-state index is -0.184. The molecule has 1 aliphatic heterocycles. The van der Waals surface area contributed by atoms with Crippen molar-refractivity contribution < 1.29 is 23.8 Å². The number of rotatable bonds is 9. The van der Waals surface area contributed by atoms with Gasteiger partial charge in [0.05, 0.1) is 25.5 Å². The van der Waals surface area contributed by atoms with Gasteiger partial charge in [-0.1, -0.05) is 24.3 Å². The highest BCUT2D eigenvalue weighted by molar-refractivity contribution is 5.94. The number of methoxy groups -OCH3 is 1. The summed E-state index contributed by atoms with van der Waals surface area (Å²) in [7, 11) is 3.37. The second-order valence-corrected chi connectivity index (χ2v) is 9.91. The van der Waals surface area contributed by atoms with Gasteiger partial charge in [-0.25, -0.2) is 0 Å². The second-order valence-electron chi connectivity index (χ2n) is 9.91. The summed E-state index contributed by atoms with van der Waals surface area (Å²) in [6, 6.07) is 15.0. The molecule has 1 unspecified atom stereocenters. The van der Waals surface area contributed by atoms with Crippen LogP contribution in [0, 0.1) is 0 Å². The number of hydrogen-bond acceptors (Lipinski definition) is 6. The predicted octanol–water partition coefficient (Wildman–Crippen LogP) is 3.68. The molecular weight excluding hydrogens is 484 g/mol. The van der Waals surface area contributed by atoms with E-state index in [1.807, 2.05) is 60.4 Å². The summed E-state index contributed by atoms with van der Waals surface area (Å²) in [4.78, 5) is 27.6. The minimum absolute atomic E-state index is 0.00464. The van der Waals surface area contributed by atoms with E-state index < -0.39 is 0 Å². The van der Waals surface area contributed by atoms with Crippen molar-refractivity contribution >= 4 is 11.8 Å². The van der Waals surface area contributed by atoms with Crippen LogP contribution in [0.2, 0.25) is 0 Å². The lowest BCUT2D eigenvalue weighted by Gasteiger charge is -2.31. The Kier molecular flexibility index (Phi) is 7.64. The van der Waals surface area contributed by atoms with Gasteiger partial charge in [-0.3, -0.25) is 14.3 Å². The molecule has 1 atom stereocenters. The Morgan fingerprint density at radius 2 is 1.97 bits per heavy atom. The first kappa shape index (κ1) is 25.8. The van der Waals surface area contributed by atoms with Crippen molar-refractivity contribution in [1.82, 2.24) is 20.0 Å². The topological polar surface area (TPSA) is 94.9 Å². The fourth-order valence-electron chi connectivity index (χ4n) is 4.73. The van der Waals surface area contributed by atoms with Crippen molar-refractivity contribution in [3.63, 3.8) is 0 Å². The summed E-state index contributed by atoms with van der Waals surface area (Å²) in [6.07, 6.45) is 2.30. The highest BCUT2D eigenvalue weighted by atomic mass is 16.5. The fourth-order valence-corrected chi connectivity index (χ4v) is 4.73. The van der Waals surface area contributed by atoms with Gasteiger partial charge >= 0.3 is 0 Å². The second kappa shape index (κ2) is 11.3. The van der Waals surface area contributed by atoms with Gasteiger partial charge in [0.1, 0.15) is 12.3 Å². The molecule has 1 N–H and O–H groups in total. The Hall–Kier alpha value is -3.85. The first-order valence-corrected chi connectivity index (χ1v) is 13.0. The van der Waals surface area contributed by atoms with Crippen LogP contribution in [-0.2, 0) is 24.9 Å². The molecule has 9 nitrogen and oxygen atoms in total. The smallest absolute Gasteiger partial charge is 0.269 e. The van der Waals surface area contributed by atoms with E-state index in [2.05, 4.69) is 10.4 Å². The number of ether oxygens (including phenoxy) is 3. The van der Waals surface area contributed by atoms with E-state index in [4.69, 9.17) is 14.2 Å². The Bertz CT molecular complexity index is 1320. The molecule has 3 aromatic rings. The quantitative estimate of drug-likeness (QED) is 0.465.